The van der Waals surface area contributed by atoms with Crippen molar-refractivity contribution >= 4 is 55.0 Å². The van der Waals surface area contributed by atoms with E-state index in [1.807, 2.05) is 30.3 Å². The normalized spacial score (nSPS) is 16.4. The van der Waals surface area contributed by atoms with Gasteiger partial charge in [-0.15, -0.1) is 11.8 Å². The summed E-state index contributed by atoms with van der Waals surface area (Å²) in [7, 11) is -2.15. The number of sulfonamides is 1. The molecule has 0 aromatic heterocycles. The lowest BCUT2D eigenvalue weighted by Gasteiger charge is -2.25. The van der Waals surface area contributed by atoms with Gasteiger partial charge in [0.15, 0.2) is 0 Å². The third-order valence-electron chi connectivity index (χ3n) is 4.75. The van der Waals surface area contributed by atoms with Crippen molar-refractivity contribution in [3.05, 3.63) is 82.8 Å². The van der Waals surface area contributed by atoms with Crippen LogP contribution in [-0.2, 0) is 14.8 Å². The number of carbonyl (C=O) groups excluding carboxylic acids is 1. The summed E-state index contributed by atoms with van der Waals surface area (Å²) in [4.78, 5) is 14.5. The number of halogens is 1. The van der Waals surface area contributed by atoms with Crippen molar-refractivity contribution in [2.24, 2.45) is 0 Å². The Bertz CT molecular complexity index is 1220. The maximum atomic E-state index is 12.7. The van der Waals surface area contributed by atoms with Crippen molar-refractivity contribution in [1.82, 2.24) is 0 Å². The van der Waals surface area contributed by atoms with Gasteiger partial charge < -0.3 is 4.74 Å². The van der Waals surface area contributed by atoms with Gasteiger partial charge in [0.1, 0.15) is 11.1 Å². The second-order valence-corrected chi connectivity index (χ2v) is 10.5. The van der Waals surface area contributed by atoms with E-state index >= 15 is 0 Å². The van der Waals surface area contributed by atoms with Crippen LogP contribution in [0.1, 0.15) is 10.9 Å². The maximum Gasteiger partial charge on any atom is 0.261 e. The third kappa shape index (κ3) is 4.73. The Morgan fingerprint density at radius 1 is 1.06 bits per heavy atom. The molecule has 1 heterocycles. The minimum absolute atomic E-state index is 0.0101. The Morgan fingerprint density at radius 3 is 2.55 bits per heavy atom. The molecule has 31 heavy (non-hydrogen) atoms. The molecule has 1 aliphatic rings. The number of nitrogens with zero attached hydrogens (tertiary/aromatic N) is 1. The smallest absolute Gasteiger partial charge is 0.261 e. The number of benzene rings is 3. The quantitative estimate of drug-likeness (QED) is 0.494. The molecule has 0 radical (unpaired) electrons. The minimum atomic E-state index is -3.73. The number of ether oxygens (including phenoxy) is 1. The Balaban J connectivity index is 1.62. The van der Waals surface area contributed by atoms with Gasteiger partial charge in [0.2, 0.25) is 5.91 Å². The number of thioether (sulfide) groups is 1. The van der Waals surface area contributed by atoms with Crippen molar-refractivity contribution in [3.8, 4) is 5.75 Å². The predicted octanol–water partition coefficient (Wildman–Crippen LogP) is 5.04. The van der Waals surface area contributed by atoms with Crippen LogP contribution < -0.4 is 14.4 Å². The summed E-state index contributed by atoms with van der Waals surface area (Å²) in [6, 6.07) is 20.9. The molecule has 3 aromatic rings. The first-order chi connectivity index (χ1) is 14.9. The van der Waals surface area contributed by atoms with Crippen molar-refractivity contribution in [1.29, 1.82) is 0 Å². The zero-order valence-corrected chi connectivity index (χ0v) is 19.7. The number of anilines is 2. The number of carbonyl (C=O) groups is 1. The Kier molecular flexibility index (Phi) is 6.27. The van der Waals surface area contributed by atoms with Crippen LogP contribution in [0.5, 0.6) is 5.75 Å². The molecule has 1 atom stereocenters. The monoisotopic (exact) mass is 518 g/mol. The van der Waals surface area contributed by atoms with Crippen molar-refractivity contribution < 1.29 is 17.9 Å². The predicted molar refractivity (Wildman–Crippen MR) is 127 cm³/mol. The average Bonchev–Trinajstić information content (AvgIpc) is 3.15. The maximum absolute atomic E-state index is 12.7. The Labute approximate surface area is 193 Å². The van der Waals surface area contributed by atoms with Gasteiger partial charge in [0.25, 0.3) is 10.0 Å². The van der Waals surface area contributed by atoms with E-state index in [4.69, 9.17) is 4.74 Å². The van der Waals surface area contributed by atoms with Crippen LogP contribution in [0, 0.1) is 0 Å². The summed E-state index contributed by atoms with van der Waals surface area (Å²) in [5, 5.41) is -0.267. The first-order valence-corrected chi connectivity index (χ1v) is 12.7. The minimum Gasteiger partial charge on any atom is -0.497 e. The van der Waals surface area contributed by atoms with E-state index < -0.39 is 10.0 Å². The third-order valence-corrected chi connectivity index (χ3v) is 7.89. The van der Waals surface area contributed by atoms with Gasteiger partial charge in [-0.25, -0.2) is 8.42 Å². The highest BCUT2D eigenvalue weighted by atomic mass is 79.9. The van der Waals surface area contributed by atoms with E-state index in [-0.39, 0.29) is 16.2 Å². The molecule has 1 unspecified atom stereocenters. The van der Waals surface area contributed by atoms with Gasteiger partial charge in [-0.1, -0.05) is 34.1 Å². The van der Waals surface area contributed by atoms with Crippen molar-refractivity contribution in [3.63, 3.8) is 0 Å². The molecule has 1 N–H and O–H groups in total. The van der Waals surface area contributed by atoms with Crippen LogP contribution in [-0.4, -0.2) is 27.2 Å². The van der Waals surface area contributed by atoms with Crippen LogP contribution >= 0.6 is 27.7 Å². The van der Waals surface area contributed by atoms with Crippen LogP contribution in [0.4, 0.5) is 11.4 Å². The SMILES string of the molecule is COc1cccc(N2C(=O)CSC2c2cccc(NS(=O)(=O)c3ccc(Br)cc3)c2)c1. The highest BCUT2D eigenvalue weighted by Crippen LogP contribution is 2.43. The molecule has 0 saturated carbocycles. The number of hydrogen-bond acceptors (Lipinski definition) is 5. The fourth-order valence-corrected chi connectivity index (χ4v) is 5.77. The van der Waals surface area contributed by atoms with E-state index in [1.165, 1.54) is 23.9 Å². The van der Waals surface area contributed by atoms with Gasteiger partial charge in [-0.05, 0) is 54.1 Å². The number of hydrogen-bond donors (Lipinski definition) is 1. The zero-order chi connectivity index (χ0) is 22.0. The standard InChI is InChI=1S/C22H19BrN2O4S2/c1-29-19-7-3-6-18(13-19)25-21(26)14-30-22(25)15-4-2-5-17(12-15)24-31(27,28)20-10-8-16(23)9-11-20/h2-13,22,24H,14H2,1H3. The van der Waals surface area contributed by atoms with E-state index in [2.05, 4.69) is 20.7 Å². The molecule has 1 aliphatic heterocycles. The lowest BCUT2D eigenvalue weighted by molar-refractivity contribution is -0.115. The summed E-state index contributed by atoms with van der Waals surface area (Å²) >= 11 is 4.81. The molecule has 160 valence electrons. The molecule has 0 aliphatic carbocycles. The molecule has 4 rings (SSSR count). The summed E-state index contributed by atoms with van der Waals surface area (Å²) in [6.45, 7) is 0. The fourth-order valence-electron chi connectivity index (χ4n) is 3.29. The second-order valence-electron chi connectivity index (χ2n) is 6.81. The molecule has 6 nitrogen and oxygen atoms in total. The number of methoxy groups -OCH3 is 1. The second kappa shape index (κ2) is 8.94. The molecule has 1 amide bonds. The van der Waals surface area contributed by atoms with Crippen LogP contribution in [0.15, 0.2) is 82.2 Å². The van der Waals surface area contributed by atoms with Crippen LogP contribution in [0.2, 0.25) is 0 Å². The lowest BCUT2D eigenvalue weighted by atomic mass is 10.1. The van der Waals surface area contributed by atoms with Crippen molar-refractivity contribution in [2.45, 2.75) is 10.3 Å². The summed E-state index contributed by atoms with van der Waals surface area (Å²) in [6.07, 6.45) is 0. The van der Waals surface area contributed by atoms with Gasteiger partial charge in [-0.3, -0.25) is 14.4 Å². The lowest BCUT2D eigenvalue weighted by Crippen LogP contribution is -2.27. The van der Waals surface area contributed by atoms with E-state index in [1.54, 1.807) is 42.3 Å². The van der Waals surface area contributed by atoms with E-state index in [0.29, 0.717) is 17.2 Å². The molecule has 3 aromatic carbocycles. The van der Waals surface area contributed by atoms with Crippen LogP contribution in [0.25, 0.3) is 0 Å². The van der Waals surface area contributed by atoms with Gasteiger partial charge in [0.05, 0.1) is 17.8 Å². The van der Waals surface area contributed by atoms with E-state index in [9.17, 15) is 13.2 Å². The fraction of sp³-hybridized carbons (Fsp3) is 0.136. The molecule has 0 spiro atoms. The number of nitrogens with one attached hydrogen (secondary N) is 1. The number of amides is 1. The summed E-state index contributed by atoms with van der Waals surface area (Å²) < 4.78 is 34.2. The molecule has 0 bridgehead atoms. The van der Waals surface area contributed by atoms with E-state index in [0.717, 1.165) is 15.7 Å². The summed E-state index contributed by atoms with van der Waals surface area (Å²) in [5.41, 5.74) is 2.00. The average molecular weight is 519 g/mol. The van der Waals surface area contributed by atoms with Gasteiger partial charge >= 0.3 is 0 Å². The highest BCUT2D eigenvalue weighted by molar-refractivity contribution is 9.10. The molecular weight excluding hydrogens is 500 g/mol. The molecule has 1 saturated heterocycles. The summed E-state index contributed by atoms with van der Waals surface area (Å²) in [5.74, 6) is 0.998. The Hall–Kier alpha value is -2.49. The zero-order valence-electron chi connectivity index (χ0n) is 16.5. The molecule has 9 heteroatoms. The van der Waals surface area contributed by atoms with Gasteiger partial charge in [0, 0.05) is 21.9 Å². The Morgan fingerprint density at radius 2 is 1.81 bits per heavy atom. The first kappa shape index (κ1) is 21.7. The largest absolute Gasteiger partial charge is 0.497 e. The van der Waals surface area contributed by atoms with Gasteiger partial charge in [-0.2, -0.15) is 0 Å². The number of rotatable bonds is 6. The van der Waals surface area contributed by atoms with Crippen molar-refractivity contribution in [2.75, 3.05) is 22.5 Å². The first-order valence-electron chi connectivity index (χ1n) is 9.33. The molecular formula is C22H19BrN2O4S2. The highest BCUT2D eigenvalue weighted by Gasteiger charge is 2.34. The molecule has 1 fully saturated rings. The topological polar surface area (TPSA) is 75.7 Å². The van der Waals surface area contributed by atoms with Crippen LogP contribution in [0.3, 0.4) is 0 Å².